The second kappa shape index (κ2) is 8.15. The van der Waals surface area contributed by atoms with Gasteiger partial charge < -0.3 is 9.47 Å². The number of rotatable bonds is 7. The maximum Gasteiger partial charge on any atom is 0.339 e. The van der Waals surface area contributed by atoms with Crippen molar-refractivity contribution in [1.82, 2.24) is 0 Å². The van der Waals surface area contributed by atoms with Crippen LogP contribution < -0.4 is 0 Å². The minimum atomic E-state index is -0.518. The summed E-state index contributed by atoms with van der Waals surface area (Å²) in [7, 11) is 0. The van der Waals surface area contributed by atoms with E-state index in [2.05, 4.69) is 6.58 Å². The molecule has 0 fully saturated rings. The van der Waals surface area contributed by atoms with E-state index in [4.69, 9.17) is 9.47 Å². The first-order valence-electron chi connectivity index (χ1n) is 6.64. The maximum absolute atomic E-state index is 12.0. The molecule has 0 spiro atoms. The van der Waals surface area contributed by atoms with Crippen LogP contribution in [0.1, 0.15) is 47.4 Å². The molecule has 0 unspecified atom stereocenters. The lowest BCUT2D eigenvalue weighted by Crippen LogP contribution is -2.14. The second-order valence-corrected chi connectivity index (χ2v) is 4.52. The SMILES string of the molecule is C=C(C)CCOC(=O)c1ccccc1C(=O)OCCC. The molecule has 0 aliphatic rings. The Morgan fingerprint density at radius 3 is 2.00 bits per heavy atom. The van der Waals surface area contributed by atoms with Gasteiger partial charge in [-0.25, -0.2) is 9.59 Å². The normalized spacial score (nSPS) is 9.90. The van der Waals surface area contributed by atoms with Gasteiger partial charge in [-0.2, -0.15) is 0 Å². The molecule has 4 nitrogen and oxygen atoms in total. The molecule has 0 amide bonds. The van der Waals surface area contributed by atoms with Crippen LogP contribution >= 0.6 is 0 Å². The van der Waals surface area contributed by atoms with Crippen molar-refractivity contribution < 1.29 is 19.1 Å². The quantitative estimate of drug-likeness (QED) is 0.566. The van der Waals surface area contributed by atoms with E-state index in [0.29, 0.717) is 13.0 Å². The predicted octanol–water partition coefficient (Wildman–Crippen LogP) is 3.38. The Morgan fingerprint density at radius 2 is 1.55 bits per heavy atom. The number of ether oxygens (including phenoxy) is 2. The summed E-state index contributed by atoms with van der Waals surface area (Å²) < 4.78 is 10.2. The third-order valence-corrected chi connectivity index (χ3v) is 2.57. The minimum absolute atomic E-state index is 0.232. The van der Waals surface area contributed by atoms with Gasteiger partial charge in [0.2, 0.25) is 0 Å². The first-order valence-corrected chi connectivity index (χ1v) is 6.64. The van der Waals surface area contributed by atoms with Gasteiger partial charge in [0.05, 0.1) is 24.3 Å². The van der Waals surface area contributed by atoms with E-state index in [0.717, 1.165) is 12.0 Å². The lowest BCUT2D eigenvalue weighted by molar-refractivity contribution is 0.0460. The van der Waals surface area contributed by atoms with Crippen molar-refractivity contribution in [2.24, 2.45) is 0 Å². The number of carbonyl (C=O) groups excluding carboxylic acids is 2. The van der Waals surface area contributed by atoms with Gasteiger partial charge in [0.1, 0.15) is 0 Å². The molecule has 1 aromatic carbocycles. The van der Waals surface area contributed by atoms with Crippen LogP contribution in [0.25, 0.3) is 0 Å². The molecule has 4 heteroatoms. The molecular weight excluding hydrogens is 256 g/mol. The van der Waals surface area contributed by atoms with Gasteiger partial charge in [-0.1, -0.05) is 24.6 Å². The molecule has 0 atom stereocenters. The van der Waals surface area contributed by atoms with Gasteiger partial charge in [-0.3, -0.25) is 0 Å². The lowest BCUT2D eigenvalue weighted by Gasteiger charge is -2.09. The van der Waals surface area contributed by atoms with E-state index in [-0.39, 0.29) is 17.7 Å². The number of esters is 2. The summed E-state index contributed by atoms with van der Waals surface area (Å²) in [5.41, 5.74) is 1.41. The molecular formula is C16H20O4. The largest absolute Gasteiger partial charge is 0.462 e. The highest BCUT2D eigenvalue weighted by molar-refractivity contribution is 6.03. The van der Waals surface area contributed by atoms with Crippen molar-refractivity contribution in [2.75, 3.05) is 13.2 Å². The summed E-state index contributed by atoms with van der Waals surface area (Å²) in [5, 5.41) is 0. The molecule has 0 aliphatic carbocycles. The first kappa shape index (κ1) is 16.0. The van der Waals surface area contributed by atoms with Crippen LogP contribution in [0.5, 0.6) is 0 Å². The van der Waals surface area contributed by atoms with Crippen LogP contribution in [0.15, 0.2) is 36.4 Å². The van der Waals surface area contributed by atoms with Crippen molar-refractivity contribution in [3.8, 4) is 0 Å². The van der Waals surface area contributed by atoms with Gasteiger partial charge in [0.15, 0.2) is 0 Å². The smallest absolute Gasteiger partial charge is 0.339 e. The van der Waals surface area contributed by atoms with E-state index < -0.39 is 11.9 Å². The van der Waals surface area contributed by atoms with E-state index in [9.17, 15) is 9.59 Å². The van der Waals surface area contributed by atoms with E-state index in [1.165, 1.54) is 0 Å². The molecule has 20 heavy (non-hydrogen) atoms. The van der Waals surface area contributed by atoms with Crippen LogP contribution in [-0.2, 0) is 9.47 Å². The fourth-order valence-corrected chi connectivity index (χ4v) is 1.51. The highest BCUT2D eigenvalue weighted by atomic mass is 16.5. The number of hydrogen-bond donors (Lipinski definition) is 0. The van der Waals surface area contributed by atoms with Crippen LogP contribution in [-0.4, -0.2) is 25.2 Å². The summed E-state index contributed by atoms with van der Waals surface area (Å²) in [6.07, 6.45) is 1.34. The molecule has 1 rings (SSSR count). The van der Waals surface area contributed by atoms with Crippen LogP contribution in [0.4, 0.5) is 0 Å². The molecule has 0 bridgehead atoms. The Labute approximate surface area is 119 Å². The van der Waals surface area contributed by atoms with Gasteiger partial charge in [-0.05, 0) is 25.5 Å². The van der Waals surface area contributed by atoms with Crippen molar-refractivity contribution in [1.29, 1.82) is 0 Å². The zero-order valence-corrected chi connectivity index (χ0v) is 12.0. The number of hydrogen-bond acceptors (Lipinski definition) is 4. The Hall–Kier alpha value is -2.10. The Kier molecular flexibility index (Phi) is 6.50. The minimum Gasteiger partial charge on any atom is -0.462 e. The third-order valence-electron chi connectivity index (χ3n) is 2.57. The first-order chi connectivity index (χ1) is 9.56. The second-order valence-electron chi connectivity index (χ2n) is 4.52. The van der Waals surface area contributed by atoms with Crippen molar-refractivity contribution >= 4 is 11.9 Å². The van der Waals surface area contributed by atoms with E-state index in [1.807, 2.05) is 13.8 Å². The maximum atomic E-state index is 12.0. The van der Waals surface area contributed by atoms with Crippen LogP contribution in [0.3, 0.4) is 0 Å². The number of benzene rings is 1. The van der Waals surface area contributed by atoms with Crippen LogP contribution in [0, 0.1) is 0 Å². The fourth-order valence-electron chi connectivity index (χ4n) is 1.51. The summed E-state index contributed by atoms with van der Waals surface area (Å²) in [6, 6.07) is 6.50. The van der Waals surface area contributed by atoms with Crippen molar-refractivity contribution in [2.45, 2.75) is 26.7 Å². The lowest BCUT2D eigenvalue weighted by atomic mass is 10.1. The molecule has 0 heterocycles. The predicted molar refractivity (Wildman–Crippen MR) is 76.7 cm³/mol. The molecule has 0 saturated heterocycles. The zero-order chi connectivity index (χ0) is 15.0. The Morgan fingerprint density at radius 1 is 1.05 bits per heavy atom. The molecule has 0 aliphatic heterocycles. The average Bonchev–Trinajstić information content (AvgIpc) is 2.44. The van der Waals surface area contributed by atoms with Gasteiger partial charge in [0.25, 0.3) is 0 Å². The standard InChI is InChI=1S/C16H20O4/c1-4-10-19-15(17)13-7-5-6-8-14(13)16(18)20-11-9-12(2)3/h5-8H,2,4,9-11H2,1,3H3. The average molecular weight is 276 g/mol. The van der Waals surface area contributed by atoms with Gasteiger partial charge >= 0.3 is 11.9 Å². The summed E-state index contributed by atoms with van der Waals surface area (Å²) in [5.74, 6) is -1.02. The zero-order valence-electron chi connectivity index (χ0n) is 12.0. The van der Waals surface area contributed by atoms with E-state index >= 15 is 0 Å². The topological polar surface area (TPSA) is 52.6 Å². The van der Waals surface area contributed by atoms with Gasteiger partial charge in [-0.15, -0.1) is 6.58 Å². The number of carbonyl (C=O) groups is 2. The molecule has 0 radical (unpaired) electrons. The molecule has 108 valence electrons. The van der Waals surface area contributed by atoms with E-state index in [1.54, 1.807) is 24.3 Å². The summed E-state index contributed by atoms with van der Waals surface area (Å²) in [6.45, 7) is 8.10. The van der Waals surface area contributed by atoms with Crippen molar-refractivity contribution in [3.63, 3.8) is 0 Å². The molecule has 0 N–H and O–H groups in total. The molecule has 0 saturated carbocycles. The summed E-state index contributed by atoms with van der Waals surface area (Å²) in [4.78, 5) is 23.8. The Balaban J connectivity index is 2.76. The highest BCUT2D eigenvalue weighted by Gasteiger charge is 2.18. The monoisotopic (exact) mass is 276 g/mol. The highest BCUT2D eigenvalue weighted by Crippen LogP contribution is 2.12. The van der Waals surface area contributed by atoms with Gasteiger partial charge in [0, 0.05) is 6.42 Å². The molecule has 1 aromatic rings. The van der Waals surface area contributed by atoms with Crippen molar-refractivity contribution in [3.05, 3.63) is 47.5 Å². The summed E-state index contributed by atoms with van der Waals surface area (Å²) >= 11 is 0. The van der Waals surface area contributed by atoms with Crippen LogP contribution in [0.2, 0.25) is 0 Å². The fraction of sp³-hybridized carbons (Fsp3) is 0.375. The Bertz CT molecular complexity index is 491. The molecule has 0 aromatic heterocycles. The third kappa shape index (κ3) is 4.88.